The van der Waals surface area contributed by atoms with Gasteiger partial charge in [0.05, 0.1) is 0 Å². The summed E-state index contributed by atoms with van der Waals surface area (Å²) in [6.07, 6.45) is 21.3. The molecule has 0 aliphatic heterocycles. The smallest absolute Gasteiger partial charge is 0.220 e. The van der Waals surface area contributed by atoms with Crippen molar-refractivity contribution in [3.05, 3.63) is 156 Å². The van der Waals surface area contributed by atoms with Crippen molar-refractivity contribution in [3.8, 4) is 0 Å². The number of amides is 1. The number of benzene rings is 4. The number of ketones is 1. The number of Topliss-reactive ketones (excluding diaryl/α,β-unsaturated/α-hetero) is 1. The lowest BCUT2D eigenvalue weighted by molar-refractivity contribution is -0.697. The van der Waals surface area contributed by atoms with Crippen LogP contribution in [-0.4, -0.2) is 38.9 Å². The second kappa shape index (κ2) is 22.1. The number of fused-ring (bicyclic) bond motifs is 6. The van der Waals surface area contributed by atoms with E-state index in [2.05, 4.69) is 196 Å². The SMILES string of the molecule is CCn1c2ccccc2c2cc(/C=C/c3cc[n+](CCCC(=O)CCCSSCCNC(=O)CCC[n+]4ccc(/C=C/c5ccc6c(c5)c5ccccc5n6CC)cc4)cc3)ccc21. The minimum Gasteiger partial charge on any atom is -0.355 e. The van der Waals surface area contributed by atoms with Crippen LogP contribution in [0.1, 0.15) is 74.6 Å². The highest BCUT2D eigenvalue weighted by molar-refractivity contribution is 8.76. The van der Waals surface area contributed by atoms with Gasteiger partial charge in [0.2, 0.25) is 5.91 Å². The highest BCUT2D eigenvalue weighted by Crippen LogP contribution is 2.31. The molecule has 0 saturated heterocycles. The molecule has 0 fully saturated rings. The fourth-order valence-electron chi connectivity index (χ4n) is 8.65. The molecule has 9 heteroatoms. The largest absolute Gasteiger partial charge is 0.355 e. The van der Waals surface area contributed by atoms with Crippen molar-refractivity contribution in [2.75, 3.05) is 18.1 Å². The standard InChI is InChI=1S/C55H58N5O2S2/c1-3-59-51-16-7-5-14-47(51)49-40-44(23-25-53(49)59)21-19-42-27-34-57(35-28-42)32-9-12-46(61)13-11-38-63-64-39-31-56-55(62)18-10-33-58-36-29-43(30-37-58)20-22-45-24-26-54-50(41-45)48-15-6-8-17-52(48)60(54)4-2/h5-8,14-17,19-30,34-37,40-41H,3-4,9-13,18,31-33,38-39H2,1-2H3/q+1/p+1. The number of hydrogen-bond acceptors (Lipinski definition) is 4. The fraction of sp³-hybridized carbons (Fsp3) is 0.273. The summed E-state index contributed by atoms with van der Waals surface area (Å²) in [5.41, 5.74) is 9.79. The van der Waals surface area contributed by atoms with Gasteiger partial charge in [0.1, 0.15) is 18.9 Å². The normalized spacial score (nSPS) is 11.9. The molecule has 4 aromatic heterocycles. The van der Waals surface area contributed by atoms with Gasteiger partial charge in [-0.1, -0.05) is 94.4 Å². The summed E-state index contributed by atoms with van der Waals surface area (Å²) in [5, 5.41) is 8.24. The number of aromatic nitrogens is 4. The van der Waals surface area contributed by atoms with Gasteiger partial charge in [-0.05, 0) is 78.9 Å². The molecule has 1 N–H and O–H groups in total. The van der Waals surface area contributed by atoms with Crippen molar-refractivity contribution < 1.29 is 18.7 Å². The van der Waals surface area contributed by atoms with Crippen LogP contribution in [0.15, 0.2) is 134 Å². The van der Waals surface area contributed by atoms with Crippen LogP contribution in [-0.2, 0) is 35.8 Å². The summed E-state index contributed by atoms with van der Waals surface area (Å²) in [6.45, 7) is 8.59. The van der Waals surface area contributed by atoms with Crippen LogP contribution in [0.25, 0.3) is 67.9 Å². The van der Waals surface area contributed by atoms with Crippen LogP contribution in [0.5, 0.6) is 0 Å². The molecule has 4 heterocycles. The first-order valence-electron chi connectivity index (χ1n) is 22.9. The predicted octanol–water partition coefficient (Wildman–Crippen LogP) is 12.0. The van der Waals surface area contributed by atoms with Gasteiger partial charge in [0.25, 0.3) is 0 Å². The van der Waals surface area contributed by atoms with Crippen molar-refractivity contribution in [1.29, 1.82) is 0 Å². The lowest BCUT2D eigenvalue weighted by Gasteiger charge is -2.05. The van der Waals surface area contributed by atoms with Gasteiger partial charge in [-0.15, -0.1) is 0 Å². The van der Waals surface area contributed by atoms with Crippen LogP contribution < -0.4 is 14.5 Å². The van der Waals surface area contributed by atoms with Crippen molar-refractivity contribution in [2.45, 2.75) is 78.6 Å². The van der Waals surface area contributed by atoms with Crippen molar-refractivity contribution in [2.24, 2.45) is 0 Å². The summed E-state index contributed by atoms with van der Waals surface area (Å²) < 4.78 is 9.06. The van der Waals surface area contributed by atoms with Gasteiger partial charge in [0.15, 0.2) is 24.8 Å². The zero-order valence-corrected chi connectivity index (χ0v) is 38.8. The maximum absolute atomic E-state index is 12.5. The molecule has 0 radical (unpaired) electrons. The van der Waals surface area contributed by atoms with Crippen LogP contribution in [0, 0.1) is 0 Å². The number of carbonyl (C=O) groups is 2. The summed E-state index contributed by atoms with van der Waals surface area (Å²) >= 11 is 0. The van der Waals surface area contributed by atoms with E-state index in [0.717, 1.165) is 68.1 Å². The minimum absolute atomic E-state index is 0.0997. The molecule has 8 aromatic rings. The highest BCUT2D eigenvalue weighted by Gasteiger charge is 2.12. The molecular formula is C55H59N5O2S2+2. The number of aryl methyl sites for hydroxylation is 4. The van der Waals surface area contributed by atoms with E-state index in [1.54, 1.807) is 21.6 Å². The lowest BCUT2D eigenvalue weighted by Crippen LogP contribution is -2.34. The van der Waals surface area contributed by atoms with Crippen LogP contribution in [0.2, 0.25) is 0 Å². The Balaban J connectivity index is 0.649. The molecule has 64 heavy (non-hydrogen) atoms. The number of nitrogens with one attached hydrogen (secondary N) is 1. The topological polar surface area (TPSA) is 63.8 Å². The summed E-state index contributed by atoms with van der Waals surface area (Å²) in [4.78, 5) is 25.0. The van der Waals surface area contributed by atoms with Gasteiger partial charge in [0, 0.05) is 131 Å². The number of para-hydroxylation sites is 2. The molecule has 0 aliphatic rings. The van der Waals surface area contributed by atoms with Crippen LogP contribution in [0.3, 0.4) is 0 Å². The van der Waals surface area contributed by atoms with E-state index < -0.39 is 0 Å². The first-order valence-corrected chi connectivity index (χ1v) is 25.4. The number of carbonyl (C=O) groups excluding carboxylic acids is 2. The van der Waals surface area contributed by atoms with E-state index in [4.69, 9.17) is 0 Å². The van der Waals surface area contributed by atoms with Gasteiger partial charge in [-0.2, -0.15) is 0 Å². The average Bonchev–Trinajstić information content (AvgIpc) is 3.83. The van der Waals surface area contributed by atoms with Gasteiger partial charge >= 0.3 is 0 Å². The Hall–Kier alpha value is -5.90. The molecule has 8 rings (SSSR count). The first kappa shape index (κ1) is 44.7. The van der Waals surface area contributed by atoms with Crippen LogP contribution in [0.4, 0.5) is 0 Å². The van der Waals surface area contributed by atoms with Crippen molar-refractivity contribution in [1.82, 2.24) is 14.5 Å². The summed E-state index contributed by atoms with van der Waals surface area (Å²) in [5.74, 6) is 2.24. The van der Waals surface area contributed by atoms with Gasteiger partial charge in [-0.3, -0.25) is 9.59 Å². The zero-order chi connectivity index (χ0) is 44.1. The quantitative estimate of drug-likeness (QED) is 0.0418. The van der Waals surface area contributed by atoms with Crippen LogP contribution >= 0.6 is 21.6 Å². The van der Waals surface area contributed by atoms with E-state index in [1.165, 1.54) is 54.7 Å². The maximum Gasteiger partial charge on any atom is 0.220 e. The van der Waals surface area contributed by atoms with Crippen molar-refractivity contribution in [3.63, 3.8) is 0 Å². The molecule has 1 amide bonds. The highest BCUT2D eigenvalue weighted by atomic mass is 33.1. The third-order valence-electron chi connectivity index (χ3n) is 12.0. The second-order valence-electron chi connectivity index (χ2n) is 16.3. The molecule has 0 aliphatic carbocycles. The summed E-state index contributed by atoms with van der Waals surface area (Å²) in [7, 11) is 3.55. The zero-order valence-electron chi connectivity index (χ0n) is 37.1. The monoisotopic (exact) mass is 885 g/mol. The number of hydrogen-bond donors (Lipinski definition) is 1. The molecule has 0 atom stereocenters. The number of pyridine rings is 2. The molecule has 4 aromatic carbocycles. The summed E-state index contributed by atoms with van der Waals surface area (Å²) in [6, 6.07) is 39.2. The Kier molecular flexibility index (Phi) is 15.5. The van der Waals surface area contributed by atoms with Gasteiger partial charge in [-0.25, -0.2) is 9.13 Å². The first-order chi connectivity index (χ1) is 31.5. The predicted molar refractivity (Wildman–Crippen MR) is 272 cm³/mol. The average molecular weight is 886 g/mol. The minimum atomic E-state index is 0.0997. The molecule has 0 unspecified atom stereocenters. The van der Waals surface area contributed by atoms with E-state index in [0.29, 0.717) is 31.6 Å². The molecule has 0 saturated carbocycles. The molecule has 0 bridgehead atoms. The Morgan fingerprint density at radius 3 is 1.50 bits per heavy atom. The Bertz CT molecular complexity index is 2710. The Morgan fingerprint density at radius 2 is 0.969 bits per heavy atom. The number of rotatable bonds is 22. The van der Waals surface area contributed by atoms with E-state index in [1.807, 2.05) is 0 Å². The molecular weight excluding hydrogens is 827 g/mol. The Morgan fingerprint density at radius 1 is 0.516 bits per heavy atom. The fourth-order valence-corrected chi connectivity index (χ4v) is 10.6. The molecule has 7 nitrogen and oxygen atoms in total. The van der Waals surface area contributed by atoms with Crippen molar-refractivity contribution >= 4 is 101 Å². The maximum atomic E-state index is 12.5. The number of nitrogens with zero attached hydrogens (tertiary/aromatic N) is 4. The van der Waals surface area contributed by atoms with Gasteiger partial charge < -0.3 is 14.5 Å². The third-order valence-corrected chi connectivity index (χ3v) is 14.5. The third kappa shape index (κ3) is 11.2. The van der Waals surface area contributed by atoms with E-state index in [-0.39, 0.29) is 5.91 Å². The lowest BCUT2D eigenvalue weighted by atomic mass is 10.1. The van der Waals surface area contributed by atoms with E-state index >= 15 is 0 Å². The second-order valence-corrected chi connectivity index (χ2v) is 19.0. The molecule has 326 valence electrons. The molecule has 0 spiro atoms. The van der Waals surface area contributed by atoms with E-state index in [9.17, 15) is 9.59 Å². The Labute approximate surface area is 385 Å².